The minimum Gasteiger partial charge on any atom is -0.462 e. The number of carbonyl (C=O) groups is 4. The average Bonchev–Trinajstić information content (AvgIpc) is 0.901. The lowest BCUT2D eigenvalue weighted by Crippen LogP contribution is -2.30. The molecule has 0 bridgehead atoms. The van der Waals surface area contributed by atoms with Gasteiger partial charge in [-0.3, -0.25) is 37.3 Å². The number of esters is 4. The van der Waals surface area contributed by atoms with Crippen molar-refractivity contribution in [3.63, 3.8) is 0 Å². The maximum Gasteiger partial charge on any atom is 0.472 e. The molecule has 0 saturated heterocycles. The summed E-state index contributed by atoms with van der Waals surface area (Å²) in [6.07, 6.45) is 71.0. The van der Waals surface area contributed by atoms with Crippen LogP contribution in [0.1, 0.15) is 465 Å². The van der Waals surface area contributed by atoms with Crippen molar-refractivity contribution in [1.82, 2.24) is 0 Å². The molecule has 0 rings (SSSR count). The van der Waals surface area contributed by atoms with Crippen LogP contribution in [-0.4, -0.2) is 96.7 Å². The van der Waals surface area contributed by atoms with E-state index in [1.54, 1.807) is 0 Å². The third kappa shape index (κ3) is 78.7. The van der Waals surface area contributed by atoms with Gasteiger partial charge < -0.3 is 33.8 Å². The summed E-state index contributed by atoms with van der Waals surface area (Å²) in [6, 6.07) is 0. The van der Waals surface area contributed by atoms with E-state index in [0.717, 1.165) is 108 Å². The second-order valence-corrected chi connectivity index (χ2v) is 34.9. The molecule has 0 aromatic rings. The summed E-state index contributed by atoms with van der Waals surface area (Å²) in [5.74, 6) is -0.597. The van der Waals surface area contributed by atoms with Crippen LogP contribution in [-0.2, 0) is 65.4 Å². The van der Waals surface area contributed by atoms with Crippen molar-refractivity contribution in [2.75, 3.05) is 39.6 Å². The second kappa shape index (κ2) is 78.3. The number of phosphoric acid groups is 2. The standard InChI is InChI=1S/C87H170O17P2/c1-7-10-12-14-16-18-20-22-24-26-28-29-30-32-34-36-38-43-47-51-59-65-71-86(91)103-82(75-97-84(89)69-63-57-50-46-42-37-35-33-31-27-25-23-21-19-17-15-13-11-8-2)77-101-105(93,94)99-73-81(88)74-100-106(95,96)102-78-83(76-98-85(90)70-64-58-54-53-56-62-68-80(6)9-3)104-87(92)72-66-60-52-48-44-40-39-41-45-49-55-61-67-79(4)5/h79-83,88H,7-78H2,1-6H3,(H,93,94)(H,95,96)/t80?,81-,82-,83-/m1/s1. The summed E-state index contributed by atoms with van der Waals surface area (Å²) in [5, 5.41) is 10.7. The Morgan fingerprint density at radius 1 is 0.274 bits per heavy atom. The normalized spacial score (nSPS) is 14.1. The number of hydrogen-bond acceptors (Lipinski definition) is 15. The van der Waals surface area contributed by atoms with Gasteiger partial charge in [0.15, 0.2) is 12.2 Å². The highest BCUT2D eigenvalue weighted by Gasteiger charge is 2.30. The predicted molar refractivity (Wildman–Crippen MR) is 437 cm³/mol. The van der Waals surface area contributed by atoms with E-state index in [1.807, 2.05) is 0 Å². The first kappa shape index (κ1) is 104. The maximum atomic E-state index is 13.2. The first-order valence-electron chi connectivity index (χ1n) is 45.0. The van der Waals surface area contributed by atoms with Gasteiger partial charge in [-0.2, -0.15) is 0 Å². The van der Waals surface area contributed by atoms with Crippen LogP contribution in [0.15, 0.2) is 0 Å². The minimum absolute atomic E-state index is 0.106. The van der Waals surface area contributed by atoms with Gasteiger partial charge >= 0.3 is 39.5 Å². The van der Waals surface area contributed by atoms with Crippen molar-refractivity contribution in [3.8, 4) is 0 Å². The van der Waals surface area contributed by atoms with Gasteiger partial charge in [0.05, 0.1) is 26.4 Å². The molecule has 0 heterocycles. The van der Waals surface area contributed by atoms with Crippen LogP contribution in [0, 0.1) is 11.8 Å². The van der Waals surface area contributed by atoms with E-state index in [2.05, 4.69) is 41.5 Å². The molecule has 0 aliphatic heterocycles. The molecule has 19 heteroatoms. The highest BCUT2D eigenvalue weighted by Crippen LogP contribution is 2.45. The molecule has 0 aliphatic carbocycles. The molecular formula is C87H170O17P2. The van der Waals surface area contributed by atoms with Gasteiger partial charge in [-0.05, 0) is 37.5 Å². The highest BCUT2D eigenvalue weighted by atomic mass is 31.2. The SMILES string of the molecule is CCCCCCCCCCCCCCCCCCCCCCCCC(=O)O[C@H](COC(=O)CCCCCCCCCCCCCCCCCCCCC)COP(=O)(O)OC[C@@H](O)COP(=O)(O)OC[C@@H](COC(=O)CCCCCCCCC(C)CC)OC(=O)CCCCCCCCCCCCCCC(C)C. The van der Waals surface area contributed by atoms with Crippen LogP contribution in [0.3, 0.4) is 0 Å². The topological polar surface area (TPSA) is 237 Å². The van der Waals surface area contributed by atoms with Gasteiger partial charge in [0.25, 0.3) is 0 Å². The van der Waals surface area contributed by atoms with Gasteiger partial charge in [-0.25, -0.2) is 9.13 Å². The lowest BCUT2D eigenvalue weighted by molar-refractivity contribution is -0.161. The van der Waals surface area contributed by atoms with Crippen LogP contribution in [0.4, 0.5) is 0 Å². The lowest BCUT2D eigenvalue weighted by atomic mass is 10.00. The summed E-state index contributed by atoms with van der Waals surface area (Å²) in [6.45, 7) is 9.64. The van der Waals surface area contributed by atoms with Crippen molar-refractivity contribution >= 4 is 39.5 Å². The van der Waals surface area contributed by atoms with Crippen LogP contribution in [0.2, 0.25) is 0 Å². The zero-order valence-electron chi connectivity index (χ0n) is 69.7. The Balaban J connectivity index is 5.22. The molecular weight excluding hydrogens is 1380 g/mol. The molecule has 0 aliphatic rings. The number of ether oxygens (including phenoxy) is 4. The first-order chi connectivity index (χ1) is 51.4. The minimum atomic E-state index is -4.97. The summed E-state index contributed by atoms with van der Waals surface area (Å²) < 4.78 is 68.9. The number of carbonyl (C=O) groups excluding carboxylic acids is 4. The third-order valence-electron chi connectivity index (χ3n) is 20.8. The molecule has 0 amide bonds. The summed E-state index contributed by atoms with van der Waals surface area (Å²) >= 11 is 0. The largest absolute Gasteiger partial charge is 0.472 e. The molecule has 3 unspecified atom stereocenters. The monoisotopic (exact) mass is 1550 g/mol. The Morgan fingerprint density at radius 2 is 0.481 bits per heavy atom. The van der Waals surface area contributed by atoms with Crippen molar-refractivity contribution in [3.05, 3.63) is 0 Å². The molecule has 6 atom stereocenters. The zero-order valence-corrected chi connectivity index (χ0v) is 71.5. The molecule has 630 valence electrons. The fourth-order valence-corrected chi connectivity index (χ4v) is 15.1. The molecule has 3 N–H and O–H groups in total. The van der Waals surface area contributed by atoms with Gasteiger partial charge in [0.1, 0.15) is 19.3 Å². The van der Waals surface area contributed by atoms with E-state index < -0.39 is 97.5 Å². The zero-order chi connectivity index (χ0) is 77.8. The van der Waals surface area contributed by atoms with Crippen LogP contribution < -0.4 is 0 Å². The van der Waals surface area contributed by atoms with E-state index in [9.17, 15) is 43.2 Å². The highest BCUT2D eigenvalue weighted by molar-refractivity contribution is 7.47. The Hall–Kier alpha value is -1.94. The van der Waals surface area contributed by atoms with Crippen LogP contribution in [0.5, 0.6) is 0 Å². The molecule has 0 aromatic carbocycles. The summed E-state index contributed by atoms with van der Waals surface area (Å²) in [7, 11) is -9.93. The van der Waals surface area contributed by atoms with Crippen molar-refractivity contribution in [2.45, 2.75) is 484 Å². The van der Waals surface area contributed by atoms with E-state index in [-0.39, 0.29) is 25.7 Å². The van der Waals surface area contributed by atoms with Crippen molar-refractivity contribution in [1.29, 1.82) is 0 Å². The fourth-order valence-electron chi connectivity index (χ4n) is 13.6. The predicted octanol–water partition coefficient (Wildman–Crippen LogP) is 26.6. The summed E-state index contributed by atoms with van der Waals surface area (Å²) in [5.41, 5.74) is 0. The number of hydrogen-bond donors (Lipinski definition) is 3. The lowest BCUT2D eigenvalue weighted by Gasteiger charge is -2.21. The molecule has 17 nitrogen and oxygen atoms in total. The van der Waals surface area contributed by atoms with E-state index in [0.29, 0.717) is 25.7 Å². The van der Waals surface area contributed by atoms with Crippen molar-refractivity contribution < 1.29 is 80.2 Å². The molecule has 0 saturated carbocycles. The Bertz CT molecular complexity index is 2030. The van der Waals surface area contributed by atoms with Crippen molar-refractivity contribution in [2.24, 2.45) is 11.8 Å². The van der Waals surface area contributed by atoms with Gasteiger partial charge in [0.2, 0.25) is 0 Å². The Kier molecular flexibility index (Phi) is 76.9. The maximum absolute atomic E-state index is 13.2. The van der Waals surface area contributed by atoms with Gasteiger partial charge in [-0.1, -0.05) is 414 Å². The number of aliphatic hydroxyl groups excluding tert-OH is 1. The number of rotatable bonds is 86. The quantitative estimate of drug-likeness (QED) is 0.0222. The number of unbranched alkanes of at least 4 members (excludes halogenated alkanes) is 55. The van der Waals surface area contributed by atoms with E-state index >= 15 is 0 Å². The average molecular weight is 1550 g/mol. The van der Waals surface area contributed by atoms with Crippen LogP contribution in [0.25, 0.3) is 0 Å². The number of aliphatic hydroxyl groups is 1. The number of phosphoric ester groups is 2. The van der Waals surface area contributed by atoms with E-state index in [4.69, 9.17) is 37.0 Å². The smallest absolute Gasteiger partial charge is 0.462 e. The molecule has 0 aromatic heterocycles. The molecule has 0 fully saturated rings. The fraction of sp³-hybridized carbons (Fsp3) is 0.954. The van der Waals surface area contributed by atoms with E-state index in [1.165, 1.54) is 276 Å². The first-order valence-corrected chi connectivity index (χ1v) is 48.0. The summed E-state index contributed by atoms with van der Waals surface area (Å²) in [4.78, 5) is 73.2. The molecule has 106 heavy (non-hydrogen) atoms. The van der Waals surface area contributed by atoms with Gasteiger partial charge in [0, 0.05) is 25.7 Å². The Labute approximate surface area is 651 Å². The second-order valence-electron chi connectivity index (χ2n) is 32.0. The van der Waals surface area contributed by atoms with Gasteiger partial charge in [-0.15, -0.1) is 0 Å². The molecule has 0 radical (unpaired) electrons. The van der Waals surface area contributed by atoms with Crippen LogP contribution >= 0.6 is 15.6 Å². The Morgan fingerprint density at radius 3 is 0.717 bits per heavy atom. The third-order valence-corrected chi connectivity index (χ3v) is 22.7. The molecule has 0 spiro atoms.